The van der Waals surface area contributed by atoms with Crippen molar-refractivity contribution in [1.29, 1.82) is 0 Å². The maximum atomic E-state index is 12.5. The Morgan fingerprint density at radius 2 is 1.90 bits per heavy atom. The Kier molecular flexibility index (Phi) is 6.04. The van der Waals surface area contributed by atoms with E-state index < -0.39 is 0 Å². The van der Waals surface area contributed by atoms with E-state index in [1.54, 1.807) is 6.07 Å². The molecular weight excluding hydrogens is 366 g/mol. The Labute approximate surface area is 172 Å². The minimum atomic E-state index is -0.177. The molecule has 0 spiro atoms. The molecule has 0 amide bonds. The summed E-state index contributed by atoms with van der Waals surface area (Å²) in [4.78, 5) is 19.5. The van der Waals surface area contributed by atoms with E-state index >= 15 is 0 Å². The largest absolute Gasteiger partial charge is 0.508 e. The van der Waals surface area contributed by atoms with E-state index in [4.69, 9.17) is 0 Å². The number of anilines is 1. The van der Waals surface area contributed by atoms with Gasteiger partial charge in [0.15, 0.2) is 0 Å². The summed E-state index contributed by atoms with van der Waals surface area (Å²) in [6.45, 7) is 6.35. The third-order valence-corrected chi connectivity index (χ3v) is 6.41. The number of hydrogen-bond donors (Lipinski definition) is 2. The van der Waals surface area contributed by atoms with Gasteiger partial charge in [-0.2, -0.15) is 0 Å². The average Bonchev–Trinajstić information content (AvgIpc) is 3.17. The maximum absolute atomic E-state index is 12.5. The zero-order chi connectivity index (χ0) is 20.4. The number of aliphatic hydroxyl groups is 1. The number of nitrogens with zero attached hydrogens (tertiary/aromatic N) is 3. The van der Waals surface area contributed by atoms with Crippen molar-refractivity contribution in [3.63, 3.8) is 0 Å². The van der Waals surface area contributed by atoms with Crippen LogP contribution >= 0.6 is 0 Å². The molecule has 1 atom stereocenters. The van der Waals surface area contributed by atoms with E-state index in [9.17, 15) is 15.0 Å². The molecule has 0 aliphatic carbocycles. The number of fused-ring (bicyclic) bond motifs is 1. The summed E-state index contributed by atoms with van der Waals surface area (Å²) in [6.07, 6.45) is 1.71. The van der Waals surface area contributed by atoms with Crippen molar-refractivity contribution in [1.82, 2.24) is 9.80 Å². The second-order valence-electron chi connectivity index (χ2n) is 8.55. The molecule has 1 unspecified atom stereocenters. The summed E-state index contributed by atoms with van der Waals surface area (Å²) in [5, 5.41) is 21.4. The highest BCUT2D eigenvalue weighted by Gasteiger charge is 2.26. The number of piperazine rings is 1. The Morgan fingerprint density at radius 3 is 2.66 bits per heavy atom. The van der Waals surface area contributed by atoms with Crippen molar-refractivity contribution in [3.05, 3.63) is 35.9 Å². The van der Waals surface area contributed by atoms with Crippen molar-refractivity contribution in [3.8, 4) is 5.75 Å². The average molecular weight is 398 g/mol. The normalized spacial score (nSPS) is 21.2. The van der Waals surface area contributed by atoms with Gasteiger partial charge < -0.3 is 20.0 Å². The van der Waals surface area contributed by atoms with Crippen molar-refractivity contribution >= 4 is 22.2 Å². The van der Waals surface area contributed by atoms with Crippen LogP contribution in [-0.2, 0) is 11.4 Å². The third-order valence-electron chi connectivity index (χ3n) is 6.41. The van der Waals surface area contributed by atoms with Crippen LogP contribution in [0.1, 0.15) is 18.4 Å². The van der Waals surface area contributed by atoms with Crippen LogP contribution in [0.25, 0.3) is 10.8 Å². The molecule has 2 aliphatic rings. The van der Waals surface area contributed by atoms with Gasteiger partial charge in [-0.05, 0) is 48.4 Å². The van der Waals surface area contributed by atoms with E-state index in [1.807, 2.05) is 12.1 Å². The predicted octanol–water partition coefficient (Wildman–Crippen LogP) is 2.07. The quantitative estimate of drug-likeness (QED) is 0.778. The number of aromatic hydroxyl groups is 1. The first-order valence-corrected chi connectivity index (χ1v) is 10.6. The Morgan fingerprint density at radius 1 is 1.10 bits per heavy atom. The minimum absolute atomic E-state index is 0.132. The smallest absolute Gasteiger partial charge is 0.147 e. The number of phenols is 1. The van der Waals surface area contributed by atoms with Gasteiger partial charge in [-0.3, -0.25) is 9.69 Å². The number of Topliss-reactive ketones (excluding diaryl/α,β-unsaturated/α-hetero) is 1. The SMILES string of the molecule is CN1CCN(CC(=O)CC2CCN(c3ccc4c(CO)c(O)ccc4c3)C2)CC1. The van der Waals surface area contributed by atoms with Crippen LogP contribution in [-0.4, -0.2) is 78.7 Å². The molecule has 2 aromatic rings. The minimum Gasteiger partial charge on any atom is -0.508 e. The number of ketones is 1. The molecule has 2 fully saturated rings. The topological polar surface area (TPSA) is 67.2 Å². The first-order valence-electron chi connectivity index (χ1n) is 10.6. The Hall–Kier alpha value is -2.15. The number of benzene rings is 2. The predicted molar refractivity (Wildman–Crippen MR) is 115 cm³/mol. The van der Waals surface area contributed by atoms with Crippen molar-refractivity contribution in [2.45, 2.75) is 19.4 Å². The van der Waals surface area contributed by atoms with E-state index in [1.165, 1.54) is 0 Å². The monoisotopic (exact) mass is 397 g/mol. The van der Waals surface area contributed by atoms with Crippen LogP contribution in [0.2, 0.25) is 0 Å². The maximum Gasteiger partial charge on any atom is 0.147 e. The fourth-order valence-corrected chi connectivity index (χ4v) is 4.61. The summed E-state index contributed by atoms with van der Waals surface area (Å²) in [6, 6.07) is 9.67. The van der Waals surface area contributed by atoms with Crippen LogP contribution in [0.4, 0.5) is 5.69 Å². The van der Waals surface area contributed by atoms with Gasteiger partial charge in [0.05, 0.1) is 13.2 Å². The van der Waals surface area contributed by atoms with Gasteiger partial charge in [-0.1, -0.05) is 12.1 Å². The molecule has 0 saturated carbocycles. The first kappa shape index (κ1) is 20.1. The van der Waals surface area contributed by atoms with Gasteiger partial charge in [-0.15, -0.1) is 0 Å². The van der Waals surface area contributed by atoms with E-state index in [2.05, 4.69) is 33.9 Å². The van der Waals surface area contributed by atoms with E-state index in [-0.39, 0.29) is 12.4 Å². The molecule has 2 heterocycles. The highest BCUT2D eigenvalue weighted by molar-refractivity contribution is 5.90. The molecule has 0 aromatic heterocycles. The van der Waals surface area contributed by atoms with Gasteiger partial charge >= 0.3 is 0 Å². The standard InChI is InChI=1S/C23H31N3O3/c1-24-8-10-25(11-9-24)15-20(28)12-17-6-7-26(14-17)19-3-4-21-18(13-19)2-5-23(29)22(21)16-27/h2-5,13,17,27,29H,6-12,14-16H2,1H3. The summed E-state index contributed by atoms with van der Waals surface area (Å²) in [5.41, 5.74) is 1.71. The number of aliphatic hydroxyl groups excluding tert-OH is 1. The molecule has 29 heavy (non-hydrogen) atoms. The zero-order valence-corrected chi connectivity index (χ0v) is 17.2. The molecule has 0 bridgehead atoms. The first-order chi connectivity index (χ1) is 14.0. The lowest BCUT2D eigenvalue weighted by molar-refractivity contribution is -0.121. The number of carbonyl (C=O) groups is 1. The summed E-state index contributed by atoms with van der Waals surface area (Å²) >= 11 is 0. The van der Waals surface area contributed by atoms with E-state index in [0.29, 0.717) is 30.2 Å². The molecule has 2 saturated heterocycles. The van der Waals surface area contributed by atoms with Crippen LogP contribution in [0, 0.1) is 5.92 Å². The van der Waals surface area contributed by atoms with Gasteiger partial charge in [0.1, 0.15) is 11.5 Å². The van der Waals surface area contributed by atoms with Crippen molar-refractivity contribution in [2.24, 2.45) is 5.92 Å². The number of hydrogen-bond acceptors (Lipinski definition) is 6. The fraction of sp³-hybridized carbons (Fsp3) is 0.522. The van der Waals surface area contributed by atoms with Crippen LogP contribution in [0.15, 0.2) is 30.3 Å². The second-order valence-corrected chi connectivity index (χ2v) is 8.55. The van der Waals surface area contributed by atoms with Gasteiger partial charge in [0, 0.05) is 56.9 Å². The molecule has 6 heteroatoms. The summed E-state index contributed by atoms with van der Waals surface area (Å²) < 4.78 is 0. The molecule has 0 radical (unpaired) electrons. The highest BCUT2D eigenvalue weighted by atomic mass is 16.3. The molecule has 2 aromatic carbocycles. The van der Waals surface area contributed by atoms with E-state index in [0.717, 1.165) is 62.1 Å². The lowest BCUT2D eigenvalue weighted by Gasteiger charge is -2.32. The third kappa shape index (κ3) is 4.55. The number of carbonyl (C=O) groups excluding carboxylic acids is 1. The van der Waals surface area contributed by atoms with Crippen molar-refractivity contribution < 1.29 is 15.0 Å². The van der Waals surface area contributed by atoms with Crippen LogP contribution in [0.5, 0.6) is 5.75 Å². The van der Waals surface area contributed by atoms with Gasteiger partial charge in [-0.25, -0.2) is 0 Å². The lowest BCUT2D eigenvalue weighted by Crippen LogP contribution is -2.46. The Bertz CT molecular complexity index is 877. The summed E-state index contributed by atoms with van der Waals surface area (Å²) in [7, 11) is 2.13. The number of likely N-dealkylation sites (N-methyl/N-ethyl adjacent to an activating group) is 1. The molecule has 2 N–H and O–H groups in total. The van der Waals surface area contributed by atoms with Gasteiger partial charge in [0.2, 0.25) is 0 Å². The molecule has 2 aliphatic heterocycles. The Balaban J connectivity index is 1.36. The van der Waals surface area contributed by atoms with Crippen LogP contribution in [0.3, 0.4) is 0 Å². The molecule has 4 rings (SSSR count). The van der Waals surface area contributed by atoms with Crippen LogP contribution < -0.4 is 4.90 Å². The second kappa shape index (κ2) is 8.69. The van der Waals surface area contributed by atoms with Crippen molar-refractivity contribution in [2.75, 3.05) is 57.8 Å². The fourth-order valence-electron chi connectivity index (χ4n) is 4.61. The molecular formula is C23H31N3O3. The molecule has 156 valence electrons. The van der Waals surface area contributed by atoms with Gasteiger partial charge in [0.25, 0.3) is 0 Å². The summed E-state index contributed by atoms with van der Waals surface area (Å²) in [5.74, 6) is 0.911. The lowest BCUT2D eigenvalue weighted by atomic mass is 10.0. The molecule has 6 nitrogen and oxygen atoms in total. The highest BCUT2D eigenvalue weighted by Crippen LogP contribution is 2.32. The zero-order valence-electron chi connectivity index (χ0n) is 17.2. The number of rotatable bonds is 6.